The molecular formula is C23H31O6P. The van der Waals surface area contributed by atoms with Gasteiger partial charge >= 0.3 is 7.82 Å². The molecule has 0 aromatic heterocycles. The molecule has 0 aliphatic heterocycles. The van der Waals surface area contributed by atoms with Crippen LogP contribution in [0, 0.1) is 13.8 Å². The number of hydrogen-bond donors (Lipinski definition) is 3. The van der Waals surface area contributed by atoms with Crippen LogP contribution in [0.1, 0.15) is 66.5 Å². The molecule has 0 saturated heterocycles. The summed E-state index contributed by atoms with van der Waals surface area (Å²) < 4.78 is 20.5. The van der Waals surface area contributed by atoms with Crippen molar-refractivity contribution in [1.82, 2.24) is 0 Å². The number of hydrogen-bond acceptors (Lipinski definition) is 4. The van der Waals surface area contributed by atoms with E-state index in [0.29, 0.717) is 11.5 Å². The lowest BCUT2D eigenvalue weighted by Gasteiger charge is -2.28. The fourth-order valence-corrected chi connectivity index (χ4v) is 4.74. The van der Waals surface area contributed by atoms with Crippen molar-refractivity contribution >= 4 is 7.82 Å². The fourth-order valence-electron chi connectivity index (χ4n) is 4.55. The van der Waals surface area contributed by atoms with Gasteiger partial charge < -0.3 is 19.6 Å². The Hall–Kier alpha value is -1.85. The smallest absolute Gasteiger partial charge is 0.472 e. The average Bonchev–Trinajstić information content (AvgIpc) is 2.77. The van der Waals surface area contributed by atoms with Crippen molar-refractivity contribution < 1.29 is 28.7 Å². The lowest BCUT2D eigenvalue weighted by molar-refractivity contribution is 0.0828. The van der Waals surface area contributed by atoms with Gasteiger partial charge in [0.05, 0.1) is 0 Å². The second kappa shape index (κ2) is 8.72. The van der Waals surface area contributed by atoms with Gasteiger partial charge in [0.2, 0.25) is 0 Å². The molecule has 0 spiro atoms. The molecule has 0 radical (unpaired) electrons. The summed E-state index contributed by atoms with van der Waals surface area (Å²) in [6, 6.07) is 7.57. The molecule has 2 aromatic carbocycles. The van der Waals surface area contributed by atoms with Crippen molar-refractivity contribution in [2.75, 3.05) is 6.79 Å². The van der Waals surface area contributed by atoms with Crippen LogP contribution in [-0.2, 0) is 27.3 Å². The van der Waals surface area contributed by atoms with Gasteiger partial charge in [0.25, 0.3) is 0 Å². The van der Waals surface area contributed by atoms with Crippen molar-refractivity contribution in [1.29, 1.82) is 0 Å². The van der Waals surface area contributed by atoms with Gasteiger partial charge in [-0.25, -0.2) is 9.09 Å². The fraction of sp³-hybridized carbons (Fsp3) is 0.478. The third-order valence-electron chi connectivity index (χ3n) is 6.03. The van der Waals surface area contributed by atoms with Crippen LogP contribution >= 0.6 is 7.82 Å². The van der Waals surface area contributed by atoms with Crippen molar-refractivity contribution in [3.63, 3.8) is 0 Å². The van der Waals surface area contributed by atoms with Crippen LogP contribution in [0.4, 0.5) is 0 Å². The highest BCUT2D eigenvalue weighted by Gasteiger charge is 2.30. The maximum atomic E-state index is 10.8. The van der Waals surface area contributed by atoms with E-state index >= 15 is 0 Å². The number of ether oxygens (including phenoxy) is 1. The van der Waals surface area contributed by atoms with Crippen molar-refractivity contribution in [3.05, 3.63) is 57.6 Å². The quantitative estimate of drug-likeness (QED) is 0.335. The van der Waals surface area contributed by atoms with Crippen LogP contribution in [0.5, 0.6) is 11.5 Å². The van der Waals surface area contributed by atoms with E-state index in [1.807, 2.05) is 38.1 Å². The van der Waals surface area contributed by atoms with Gasteiger partial charge in [0, 0.05) is 5.56 Å². The van der Waals surface area contributed by atoms with Crippen LogP contribution in [0.3, 0.4) is 0 Å². The lowest BCUT2D eigenvalue weighted by atomic mass is 9.77. The van der Waals surface area contributed by atoms with Gasteiger partial charge in [-0.2, -0.15) is 0 Å². The first-order valence-electron chi connectivity index (χ1n) is 10.2. The van der Waals surface area contributed by atoms with E-state index in [0.717, 1.165) is 48.8 Å². The molecule has 0 atom stereocenters. The first-order valence-corrected chi connectivity index (χ1v) is 11.8. The van der Waals surface area contributed by atoms with Gasteiger partial charge in [0.1, 0.15) is 11.5 Å². The topological polar surface area (TPSA) is 96.2 Å². The lowest BCUT2D eigenvalue weighted by Crippen LogP contribution is -2.18. The Labute approximate surface area is 178 Å². The Bertz CT molecular complexity index is 953. The number of phosphoric ester groups is 1. The SMILES string of the molecule is Cc1cc(OCOP(=O)(O)O)cc(C)c1Cc1ccc(O)c2c1CCCCC2(C)C. The molecule has 164 valence electrons. The monoisotopic (exact) mass is 434 g/mol. The molecule has 7 heteroatoms. The van der Waals surface area contributed by atoms with Crippen LogP contribution in [-0.4, -0.2) is 21.7 Å². The molecular weight excluding hydrogens is 403 g/mol. The van der Waals surface area contributed by atoms with Gasteiger partial charge in [-0.05, 0) is 91.0 Å². The van der Waals surface area contributed by atoms with Crippen molar-refractivity contribution in [2.45, 2.75) is 65.2 Å². The van der Waals surface area contributed by atoms with E-state index in [1.54, 1.807) is 0 Å². The Balaban J connectivity index is 1.89. The minimum atomic E-state index is -4.56. The van der Waals surface area contributed by atoms with Gasteiger partial charge in [-0.15, -0.1) is 0 Å². The molecule has 0 amide bonds. The Morgan fingerprint density at radius 3 is 2.40 bits per heavy atom. The highest BCUT2D eigenvalue weighted by atomic mass is 31.2. The minimum absolute atomic E-state index is 0.0490. The molecule has 3 rings (SSSR count). The third-order valence-corrected chi connectivity index (χ3v) is 6.47. The summed E-state index contributed by atoms with van der Waals surface area (Å²) in [6.45, 7) is 7.92. The number of benzene rings is 2. The number of aromatic hydroxyl groups is 1. The first kappa shape index (κ1) is 22.8. The molecule has 2 aromatic rings. The predicted molar refractivity (Wildman–Crippen MR) is 116 cm³/mol. The number of fused-ring (bicyclic) bond motifs is 1. The van der Waals surface area contributed by atoms with E-state index in [9.17, 15) is 9.67 Å². The molecule has 30 heavy (non-hydrogen) atoms. The van der Waals surface area contributed by atoms with Gasteiger partial charge in [0.15, 0.2) is 6.79 Å². The van der Waals surface area contributed by atoms with E-state index in [-0.39, 0.29) is 5.41 Å². The van der Waals surface area contributed by atoms with Crippen LogP contribution in [0.25, 0.3) is 0 Å². The van der Waals surface area contributed by atoms with Crippen molar-refractivity contribution in [3.8, 4) is 11.5 Å². The molecule has 0 saturated carbocycles. The first-order chi connectivity index (χ1) is 14.0. The minimum Gasteiger partial charge on any atom is -0.508 e. The highest BCUT2D eigenvalue weighted by Crippen LogP contribution is 2.42. The Kier molecular flexibility index (Phi) is 6.63. The molecule has 1 aliphatic carbocycles. The van der Waals surface area contributed by atoms with Gasteiger partial charge in [-0.3, -0.25) is 0 Å². The maximum Gasteiger partial charge on any atom is 0.472 e. The number of phenolic OH excluding ortho intramolecular Hbond substituents is 1. The molecule has 0 fully saturated rings. The molecule has 0 unspecified atom stereocenters. The van der Waals surface area contributed by atoms with Crippen LogP contribution < -0.4 is 4.74 Å². The van der Waals surface area contributed by atoms with E-state index < -0.39 is 14.6 Å². The summed E-state index contributed by atoms with van der Waals surface area (Å²) >= 11 is 0. The van der Waals surface area contributed by atoms with E-state index in [4.69, 9.17) is 14.5 Å². The zero-order valence-corrected chi connectivity index (χ0v) is 19.0. The molecule has 6 nitrogen and oxygen atoms in total. The van der Waals surface area contributed by atoms with Crippen molar-refractivity contribution in [2.24, 2.45) is 0 Å². The number of rotatable bonds is 6. The zero-order chi connectivity index (χ0) is 22.1. The molecule has 1 aliphatic rings. The van der Waals surface area contributed by atoms with Crippen LogP contribution in [0.2, 0.25) is 0 Å². The normalized spacial score (nSPS) is 16.1. The summed E-state index contributed by atoms with van der Waals surface area (Å²) in [7, 11) is -4.56. The number of aryl methyl sites for hydroxylation is 2. The highest BCUT2D eigenvalue weighted by molar-refractivity contribution is 7.46. The maximum absolute atomic E-state index is 10.8. The molecule has 0 heterocycles. The van der Waals surface area contributed by atoms with E-state index in [2.05, 4.69) is 18.4 Å². The Morgan fingerprint density at radius 1 is 1.10 bits per heavy atom. The summed E-state index contributed by atoms with van der Waals surface area (Å²) in [5, 5.41) is 10.6. The Morgan fingerprint density at radius 2 is 1.77 bits per heavy atom. The molecule has 3 N–H and O–H groups in total. The zero-order valence-electron chi connectivity index (χ0n) is 18.1. The second-order valence-electron chi connectivity index (χ2n) is 8.78. The largest absolute Gasteiger partial charge is 0.508 e. The summed E-state index contributed by atoms with van der Waals surface area (Å²) in [5.41, 5.74) is 6.81. The number of phosphoric acid groups is 1. The second-order valence-corrected chi connectivity index (χ2v) is 10.0. The summed E-state index contributed by atoms with van der Waals surface area (Å²) in [4.78, 5) is 17.6. The summed E-state index contributed by atoms with van der Waals surface area (Å²) in [5.74, 6) is 0.899. The van der Waals surface area contributed by atoms with Gasteiger partial charge in [-0.1, -0.05) is 26.3 Å². The standard InChI is InChI=1S/C23H31O6P/c1-15-11-18(28-14-29-30(25,26)27)12-16(2)20(15)13-17-8-9-21(24)22-19(17)7-5-6-10-23(22,3)4/h8-9,11-12,24H,5-7,10,13-14H2,1-4H3,(H2,25,26,27). The van der Waals surface area contributed by atoms with E-state index in [1.165, 1.54) is 16.7 Å². The average molecular weight is 434 g/mol. The summed E-state index contributed by atoms with van der Waals surface area (Å²) in [6.07, 6.45) is 5.08. The molecule has 0 bridgehead atoms. The number of phenols is 1. The third kappa shape index (κ3) is 5.25. The predicted octanol–water partition coefficient (Wildman–Crippen LogP) is 5.05. The van der Waals surface area contributed by atoms with Crippen LogP contribution in [0.15, 0.2) is 24.3 Å².